The monoisotopic (exact) mass is 243 g/mol. The molecule has 0 spiro atoms. The van der Waals surface area contributed by atoms with E-state index in [0.29, 0.717) is 0 Å². The van der Waals surface area contributed by atoms with Crippen molar-refractivity contribution in [2.45, 2.75) is 6.42 Å². The fraction of sp³-hybridized carbons (Fsp3) is 0.200. The maximum absolute atomic E-state index is 13.5. The quantitative estimate of drug-likeness (QED) is 0.761. The van der Waals surface area contributed by atoms with Crippen molar-refractivity contribution in [2.75, 3.05) is 11.4 Å². The van der Waals surface area contributed by atoms with Crippen LogP contribution >= 0.6 is 11.6 Å². The highest BCUT2D eigenvalue weighted by Gasteiger charge is 2.30. The lowest BCUT2D eigenvalue weighted by Gasteiger charge is -2.16. The molecular formula is C10H7ClFNO3. The Morgan fingerprint density at radius 3 is 2.62 bits per heavy atom. The van der Waals surface area contributed by atoms with Crippen molar-refractivity contribution < 1.29 is 19.1 Å². The molecule has 84 valence electrons. The van der Waals surface area contributed by atoms with Crippen LogP contribution in [0.3, 0.4) is 0 Å². The van der Waals surface area contributed by atoms with Crippen LogP contribution < -0.4 is 4.90 Å². The molecule has 0 bridgehead atoms. The minimum Gasteiger partial charge on any atom is -0.506 e. The zero-order valence-electron chi connectivity index (χ0n) is 8.04. The first-order valence-electron chi connectivity index (χ1n) is 4.49. The van der Waals surface area contributed by atoms with Crippen molar-refractivity contribution >= 4 is 29.0 Å². The molecule has 0 aromatic heterocycles. The van der Waals surface area contributed by atoms with E-state index in [2.05, 4.69) is 0 Å². The molecule has 1 amide bonds. The van der Waals surface area contributed by atoms with Gasteiger partial charge in [0.05, 0.1) is 23.7 Å². The summed E-state index contributed by atoms with van der Waals surface area (Å²) in [5.41, 5.74) is -0.127. The van der Waals surface area contributed by atoms with Gasteiger partial charge in [-0.1, -0.05) is 11.6 Å². The van der Waals surface area contributed by atoms with Crippen LogP contribution in [0.25, 0.3) is 0 Å². The number of phenolic OH excluding ortho intramolecular Hbond substituents is 1. The van der Waals surface area contributed by atoms with Crippen LogP contribution in [0.1, 0.15) is 6.42 Å². The number of hydrogen-bond acceptors (Lipinski definition) is 3. The molecule has 1 N–H and O–H groups in total. The van der Waals surface area contributed by atoms with E-state index >= 15 is 0 Å². The summed E-state index contributed by atoms with van der Waals surface area (Å²) in [6, 6.07) is 1.94. The third kappa shape index (κ3) is 1.74. The Hall–Kier alpha value is -1.62. The van der Waals surface area contributed by atoms with E-state index in [4.69, 9.17) is 11.6 Å². The van der Waals surface area contributed by atoms with Gasteiger partial charge in [-0.3, -0.25) is 9.59 Å². The van der Waals surface area contributed by atoms with Gasteiger partial charge in [-0.2, -0.15) is 0 Å². The summed E-state index contributed by atoms with van der Waals surface area (Å²) >= 11 is 5.50. The van der Waals surface area contributed by atoms with Gasteiger partial charge in [-0.15, -0.1) is 0 Å². The first kappa shape index (κ1) is 10.9. The molecule has 1 heterocycles. The number of rotatable bonds is 1. The summed E-state index contributed by atoms with van der Waals surface area (Å²) in [6.45, 7) is -0.170. The van der Waals surface area contributed by atoms with Crippen molar-refractivity contribution in [3.63, 3.8) is 0 Å². The number of halogens is 2. The minimum atomic E-state index is -0.745. The summed E-state index contributed by atoms with van der Waals surface area (Å²) in [4.78, 5) is 23.4. The highest BCUT2D eigenvalue weighted by Crippen LogP contribution is 2.32. The second-order valence-corrected chi connectivity index (χ2v) is 3.86. The Kier molecular flexibility index (Phi) is 2.55. The van der Waals surface area contributed by atoms with E-state index < -0.39 is 11.7 Å². The Labute approximate surface area is 95.2 Å². The topological polar surface area (TPSA) is 57.6 Å². The van der Waals surface area contributed by atoms with Gasteiger partial charge in [0.25, 0.3) is 0 Å². The maximum Gasteiger partial charge on any atom is 0.235 e. The van der Waals surface area contributed by atoms with Crippen molar-refractivity contribution in [1.29, 1.82) is 0 Å². The van der Waals surface area contributed by atoms with Crippen molar-refractivity contribution in [3.05, 3.63) is 23.0 Å². The Morgan fingerprint density at radius 2 is 2.06 bits per heavy atom. The van der Waals surface area contributed by atoms with E-state index in [9.17, 15) is 19.1 Å². The average molecular weight is 244 g/mol. The normalized spacial score (nSPS) is 16.0. The molecule has 0 radical (unpaired) electrons. The fourth-order valence-corrected chi connectivity index (χ4v) is 1.69. The predicted molar refractivity (Wildman–Crippen MR) is 55.1 cm³/mol. The van der Waals surface area contributed by atoms with Crippen LogP contribution in [0, 0.1) is 5.82 Å². The zero-order chi connectivity index (χ0) is 11.9. The molecule has 6 heteroatoms. The molecule has 1 aromatic carbocycles. The number of Topliss-reactive ketones (excluding diaryl/α,β-unsaturated/α-hetero) is 1. The number of nitrogens with zero attached hydrogens (tertiary/aromatic N) is 1. The Morgan fingerprint density at radius 1 is 1.38 bits per heavy atom. The van der Waals surface area contributed by atoms with Gasteiger partial charge in [0.15, 0.2) is 5.78 Å². The average Bonchev–Trinajstić information content (AvgIpc) is 2.51. The zero-order valence-corrected chi connectivity index (χ0v) is 8.79. The lowest BCUT2D eigenvalue weighted by Crippen LogP contribution is -2.25. The van der Waals surface area contributed by atoms with Crippen LogP contribution in [-0.2, 0) is 9.59 Å². The molecule has 0 saturated carbocycles. The number of ketones is 1. The first-order valence-corrected chi connectivity index (χ1v) is 4.87. The van der Waals surface area contributed by atoms with Gasteiger partial charge in [0.2, 0.25) is 5.91 Å². The van der Waals surface area contributed by atoms with E-state index in [1.54, 1.807) is 0 Å². The number of phenols is 1. The molecule has 4 nitrogen and oxygen atoms in total. The third-order valence-electron chi connectivity index (χ3n) is 2.29. The molecule has 0 aliphatic carbocycles. The van der Waals surface area contributed by atoms with Gasteiger partial charge >= 0.3 is 0 Å². The largest absolute Gasteiger partial charge is 0.506 e. The number of carbonyl (C=O) groups is 2. The van der Waals surface area contributed by atoms with E-state index in [0.717, 1.165) is 17.0 Å². The standard InChI is InChI=1S/C10H7ClFNO3/c11-6-2-7(12)8(3-9(6)15)13-4-5(14)1-10(13)16/h2-3,15H,1,4H2. The summed E-state index contributed by atoms with van der Waals surface area (Å²) in [5, 5.41) is 9.18. The minimum absolute atomic E-state index is 0.127. The van der Waals surface area contributed by atoms with Gasteiger partial charge in [-0.25, -0.2) is 4.39 Å². The van der Waals surface area contributed by atoms with Crippen LogP contribution in [0.2, 0.25) is 5.02 Å². The second kappa shape index (κ2) is 3.75. The summed E-state index contributed by atoms with van der Waals surface area (Å²) in [7, 11) is 0. The fourth-order valence-electron chi connectivity index (χ4n) is 1.54. The Bertz CT molecular complexity index is 489. The number of anilines is 1. The SMILES string of the molecule is O=C1CC(=O)N(c2cc(O)c(Cl)cc2F)C1. The molecule has 2 rings (SSSR count). The van der Waals surface area contributed by atoms with Crippen molar-refractivity contribution in [1.82, 2.24) is 0 Å². The number of carbonyl (C=O) groups excluding carboxylic acids is 2. The lowest BCUT2D eigenvalue weighted by molar-refractivity contribution is -0.121. The number of aromatic hydroxyl groups is 1. The van der Waals surface area contributed by atoms with Gasteiger partial charge in [0.1, 0.15) is 11.6 Å². The number of benzene rings is 1. The van der Waals surface area contributed by atoms with Crippen LogP contribution in [0.5, 0.6) is 5.75 Å². The van der Waals surface area contributed by atoms with E-state index in [1.807, 2.05) is 0 Å². The Balaban J connectivity index is 2.45. The molecule has 1 aromatic rings. The molecule has 0 atom stereocenters. The van der Waals surface area contributed by atoms with Crippen LogP contribution in [0.4, 0.5) is 10.1 Å². The van der Waals surface area contributed by atoms with Gasteiger partial charge in [-0.05, 0) is 6.07 Å². The van der Waals surface area contributed by atoms with E-state index in [1.165, 1.54) is 0 Å². The molecule has 1 fully saturated rings. The first-order chi connectivity index (χ1) is 7.49. The molecule has 1 aliphatic heterocycles. The van der Waals surface area contributed by atoms with Gasteiger partial charge in [0, 0.05) is 6.07 Å². The van der Waals surface area contributed by atoms with Crippen molar-refractivity contribution in [2.24, 2.45) is 0 Å². The number of amides is 1. The number of hydrogen-bond donors (Lipinski definition) is 1. The maximum atomic E-state index is 13.5. The second-order valence-electron chi connectivity index (χ2n) is 3.45. The molecule has 16 heavy (non-hydrogen) atoms. The highest BCUT2D eigenvalue weighted by atomic mass is 35.5. The summed E-state index contributed by atoms with van der Waals surface area (Å²) < 4.78 is 13.5. The predicted octanol–water partition coefficient (Wildman–Crippen LogP) is 1.49. The summed E-state index contributed by atoms with van der Waals surface area (Å²) in [5.74, 6) is -1.83. The lowest BCUT2D eigenvalue weighted by atomic mass is 10.2. The highest BCUT2D eigenvalue weighted by molar-refractivity contribution is 6.32. The molecule has 1 aliphatic rings. The summed E-state index contributed by atoms with van der Waals surface area (Å²) in [6.07, 6.45) is -0.233. The van der Waals surface area contributed by atoms with Gasteiger partial charge < -0.3 is 10.0 Å². The third-order valence-corrected chi connectivity index (χ3v) is 2.59. The molecular weight excluding hydrogens is 237 g/mol. The smallest absolute Gasteiger partial charge is 0.235 e. The van der Waals surface area contributed by atoms with Crippen molar-refractivity contribution in [3.8, 4) is 5.75 Å². The van der Waals surface area contributed by atoms with Crippen LogP contribution in [0.15, 0.2) is 12.1 Å². The molecule has 0 unspecified atom stereocenters. The molecule has 1 saturated heterocycles. The van der Waals surface area contributed by atoms with E-state index in [-0.39, 0.29) is 35.2 Å². The van der Waals surface area contributed by atoms with Crippen LogP contribution in [-0.4, -0.2) is 23.3 Å².